The summed E-state index contributed by atoms with van der Waals surface area (Å²) < 4.78 is 33.7. The Kier molecular flexibility index (Phi) is 8.63. The van der Waals surface area contributed by atoms with E-state index in [1.54, 1.807) is 23.5 Å². The van der Waals surface area contributed by atoms with Gasteiger partial charge in [0.05, 0.1) is 23.6 Å². The molecule has 1 N–H and O–H groups in total. The molecule has 0 bridgehead atoms. The number of methoxy groups -OCH3 is 1. The monoisotopic (exact) mass is 559 g/mol. The molecule has 0 aliphatic carbocycles. The van der Waals surface area contributed by atoms with E-state index in [9.17, 15) is 8.42 Å². The number of nitrogens with zero attached hydrogens (tertiary/aromatic N) is 4. The predicted octanol–water partition coefficient (Wildman–Crippen LogP) is 5.27. The van der Waals surface area contributed by atoms with Gasteiger partial charge in [-0.25, -0.2) is 18.4 Å². The first-order chi connectivity index (χ1) is 19.4. The van der Waals surface area contributed by atoms with Crippen molar-refractivity contribution in [2.45, 2.75) is 44.2 Å². The van der Waals surface area contributed by atoms with Gasteiger partial charge in [0.25, 0.3) is 0 Å². The molecule has 0 radical (unpaired) electrons. The lowest BCUT2D eigenvalue weighted by atomic mass is 10.1. The summed E-state index contributed by atoms with van der Waals surface area (Å²) in [6.07, 6.45) is 1.98. The zero-order valence-corrected chi connectivity index (χ0v) is 24.2. The predicted molar refractivity (Wildman–Crippen MR) is 159 cm³/mol. The number of rotatable bonds is 10. The summed E-state index contributed by atoms with van der Waals surface area (Å²) in [5.41, 5.74) is 3.07. The van der Waals surface area contributed by atoms with Crippen molar-refractivity contribution >= 4 is 26.7 Å². The van der Waals surface area contributed by atoms with Crippen molar-refractivity contribution in [3.05, 3.63) is 89.7 Å². The number of ether oxygens (including phenoxy) is 1. The molecule has 0 unspecified atom stereocenters. The molecule has 2 heterocycles. The van der Waals surface area contributed by atoms with Gasteiger partial charge in [0.1, 0.15) is 17.4 Å². The molecule has 40 heavy (non-hydrogen) atoms. The quantitative estimate of drug-likeness (QED) is 0.283. The lowest BCUT2D eigenvalue weighted by Crippen LogP contribution is -2.49. The highest BCUT2D eigenvalue weighted by molar-refractivity contribution is 7.89. The van der Waals surface area contributed by atoms with E-state index in [4.69, 9.17) is 14.7 Å². The molecule has 1 fully saturated rings. The number of aryl methyl sites for hydroxylation is 1. The Morgan fingerprint density at radius 2 is 1.62 bits per heavy atom. The van der Waals surface area contributed by atoms with Crippen molar-refractivity contribution in [3.63, 3.8) is 0 Å². The minimum absolute atomic E-state index is 0.0744. The summed E-state index contributed by atoms with van der Waals surface area (Å²) in [6, 6.07) is 23.1. The van der Waals surface area contributed by atoms with E-state index in [-0.39, 0.29) is 6.04 Å². The third-order valence-corrected chi connectivity index (χ3v) is 9.47. The van der Waals surface area contributed by atoms with Crippen LogP contribution in [0.2, 0.25) is 0 Å². The highest BCUT2D eigenvalue weighted by Crippen LogP contribution is 2.28. The standard InChI is InChI=1S/C31H37N5O3S/c1-4-9-24-14-16-26(17-15-24)40(37,38)36-20-18-35(19-21-36)23(2)30-33-28-12-7-6-11-27(28)31(34-30)32-22-25-10-5-8-13-29(25)39-3/h5-8,10-17,23H,4,9,18-22H2,1-3H3,(H,32,33,34)/t23-/m0/s1. The fourth-order valence-corrected chi connectivity index (χ4v) is 6.63. The summed E-state index contributed by atoms with van der Waals surface area (Å²) in [6.45, 7) is 6.84. The highest BCUT2D eigenvalue weighted by Gasteiger charge is 2.31. The van der Waals surface area contributed by atoms with Gasteiger partial charge in [-0.15, -0.1) is 0 Å². The summed E-state index contributed by atoms with van der Waals surface area (Å²) in [7, 11) is -1.85. The first kappa shape index (κ1) is 28.0. The van der Waals surface area contributed by atoms with Gasteiger partial charge in [-0.3, -0.25) is 4.90 Å². The van der Waals surface area contributed by atoms with Crippen LogP contribution in [-0.2, 0) is 23.0 Å². The van der Waals surface area contributed by atoms with Gasteiger partial charge in [0, 0.05) is 43.7 Å². The summed E-state index contributed by atoms with van der Waals surface area (Å²) >= 11 is 0. The van der Waals surface area contributed by atoms with Gasteiger partial charge in [0.15, 0.2) is 0 Å². The lowest BCUT2D eigenvalue weighted by Gasteiger charge is -2.37. The molecule has 4 aromatic rings. The molecule has 5 rings (SSSR count). The maximum Gasteiger partial charge on any atom is 0.243 e. The maximum absolute atomic E-state index is 13.3. The van der Waals surface area contributed by atoms with Gasteiger partial charge in [0.2, 0.25) is 10.0 Å². The van der Waals surface area contributed by atoms with Crippen molar-refractivity contribution in [3.8, 4) is 5.75 Å². The van der Waals surface area contributed by atoms with Crippen molar-refractivity contribution in [1.29, 1.82) is 0 Å². The SMILES string of the molecule is CCCc1ccc(S(=O)(=O)N2CCN([C@@H](C)c3nc(NCc4ccccc4OC)c4ccccc4n3)CC2)cc1. The number of piperazine rings is 1. The van der Waals surface area contributed by atoms with Crippen LogP contribution in [0.4, 0.5) is 5.82 Å². The molecule has 9 heteroatoms. The van der Waals surface area contributed by atoms with Crippen molar-refractivity contribution in [1.82, 2.24) is 19.2 Å². The molecule has 1 atom stereocenters. The fraction of sp³-hybridized carbons (Fsp3) is 0.355. The van der Waals surface area contributed by atoms with Gasteiger partial charge < -0.3 is 10.1 Å². The lowest BCUT2D eigenvalue weighted by molar-refractivity contribution is 0.141. The molecule has 210 valence electrons. The van der Waals surface area contributed by atoms with Crippen molar-refractivity contribution in [2.75, 3.05) is 38.6 Å². The van der Waals surface area contributed by atoms with Gasteiger partial charge in [-0.05, 0) is 49.2 Å². The number of para-hydroxylation sites is 2. The minimum Gasteiger partial charge on any atom is -0.496 e. The van der Waals surface area contributed by atoms with Crippen molar-refractivity contribution < 1.29 is 13.2 Å². The van der Waals surface area contributed by atoms with Gasteiger partial charge in [-0.1, -0.05) is 55.8 Å². The van der Waals surface area contributed by atoms with E-state index in [2.05, 4.69) is 24.1 Å². The average Bonchev–Trinajstić information content (AvgIpc) is 3.00. The zero-order valence-electron chi connectivity index (χ0n) is 23.4. The second-order valence-electron chi connectivity index (χ2n) is 10.1. The number of hydrogen-bond donors (Lipinski definition) is 1. The zero-order chi connectivity index (χ0) is 28.1. The maximum atomic E-state index is 13.3. The first-order valence-electron chi connectivity index (χ1n) is 13.9. The van der Waals surface area contributed by atoms with Gasteiger partial charge >= 0.3 is 0 Å². The number of hydrogen-bond acceptors (Lipinski definition) is 7. The van der Waals surface area contributed by atoms with Crippen LogP contribution in [0.15, 0.2) is 77.7 Å². The summed E-state index contributed by atoms with van der Waals surface area (Å²) in [5, 5.41) is 4.45. The molecule has 1 aliphatic rings. The minimum atomic E-state index is -3.53. The van der Waals surface area contributed by atoms with Crippen molar-refractivity contribution in [2.24, 2.45) is 0 Å². The Balaban J connectivity index is 1.30. The van der Waals surface area contributed by atoms with E-state index in [1.807, 2.05) is 60.7 Å². The van der Waals surface area contributed by atoms with E-state index in [0.29, 0.717) is 43.4 Å². The fourth-order valence-electron chi connectivity index (χ4n) is 5.20. The number of aromatic nitrogens is 2. The molecule has 0 amide bonds. The second-order valence-corrected chi connectivity index (χ2v) is 12.1. The molecule has 1 aliphatic heterocycles. The van der Waals surface area contributed by atoms with E-state index in [1.165, 1.54) is 0 Å². The van der Waals surface area contributed by atoms with Crippen LogP contribution < -0.4 is 10.1 Å². The topological polar surface area (TPSA) is 87.7 Å². The van der Waals surface area contributed by atoms with Crippen LogP contribution in [0.5, 0.6) is 5.75 Å². The van der Waals surface area contributed by atoms with Crippen LogP contribution in [0.1, 0.15) is 43.3 Å². The summed E-state index contributed by atoms with van der Waals surface area (Å²) in [4.78, 5) is 12.5. The van der Waals surface area contributed by atoms with Crippen LogP contribution in [0.25, 0.3) is 10.9 Å². The molecule has 0 spiro atoms. The Bertz CT molecular complexity index is 1550. The normalized spacial score (nSPS) is 15.7. The van der Waals surface area contributed by atoms with E-state index < -0.39 is 10.0 Å². The first-order valence-corrected chi connectivity index (χ1v) is 15.3. The third-order valence-electron chi connectivity index (χ3n) is 7.55. The molecule has 0 saturated carbocycles. The molecule has 1 aromatic heterocycles. The molecular formula is C31H37N5O3S. The van der Waals surface area contributed by atoms with Crippen LogP contribution >= 0.6 is 0 Å². The number of sulfonamides is 1. The van der Waals surface area contributed by atoms with E-state index >= 15 is 0 Å². The van der Waals surface area contributed by atoms with E-state index in [0.717, 1.165) is 46.4 Å². The Morgan fingerprint density at radius 3 is 2.35 bits per heavy atom. The Morgan fingerprint density at radius 1 is 0.925 bits per heavy atom. The smallest absolute Gasteiger partial charge is 0.243 e. The average molecular weight is 560 g/mol. The molecule has 3 aromatic carbocycles. The second kappa shape index (κ2) is 12.3. The van der Waals surface area contributed by atoms with Crippen LogP contribution in [0, 0.1) is 0 Å². The number of fused-ring (bicyclic) bond motifs is 1. The third kappa shape index (κ3) is 5.96. The number of benzene rings is 3. The number of nitrogens with one attached hydrogen (secondary N) is 1. The highest BCUT2D eigenvalue weighted by atomic mass is 32.2. The Hall–Kier alpha value is -3.53. The molecule has 8 nitrogen and oxygen atoms in total. The Labute approximate surface area is 237 Å². The molecule has 1 saturated heterocycles. The van der Waals surface area contributed by atoms with Gasteiger partial charge in [-0.2, -0.15) is 4.31 Å². The number of anilines is 1. The molecular weight excluding hydrogens is 522 g/mol. The van der Waals surface area contributed by atoms with Crippen LogP contribution in [-0.4, -0.2) is 60.9 Å². The largest absolute Gasteiger partial charge is 0.496 e. The summed E-state index contributed by atoms with van der Waals surface area (Å²) in [5.74, 6) is 2.31. The van der Waals surface area contributed by atoms with Crippen LogP contribution in [0.3, 0.4) is 0 Å².